The van der Waals surface area contributed by atoms with E-state index < -0.39 is 0 Å². The molecule has 3 aromatic carbocycles. The summed E-state index contributed by atoms with van der Waals surface area (Å²) in [6, 6.07) is 18.1. The number of rotatable bonds is 2. The first-order chi connectivity index (χ1) is 9.58. The minimum absolute atomic E-state index is 0.548. The Hall–Kier alpha value is -1.82. The molecule has 3 rings (SSSR count). The van der Waals surface area contributed by atoms with Gasteiger partial charge in [0.05, 0.1) is 0 Å². The molecule has 0 amide bonds. The first-order valence-electron chi connectivity index (χ1n) is 7.53. The molecule has 0 fully saturated rings. The zero-order valence-corrected chi connectivity index (χ0v) is 12.8. The van der Waals surface area contributed by atoms with Gasteiger partial charge in [0.1, 0.15) is 0 Å². The highest BCUT2D eigenvalue weighted by atomic mass is 14.1. The molecule has 0 aliphatic heterocycles. The summed E-state index contributed by atoms with van der Waals surface area (Å²) in [5.74, 6) is 1.12. The SMILES string of the molecule is CC(C)c1ccc2ccc3cccc(C(C)C)c3c2c1. The van der Waals surface area contributed by atoms with Crippen LogP contribution < -0.4 is 0 Å². The van der Waals surface area contributed by atoms with Crippen LogP contribution in [0.15, 0.2) is 48.5 Å². The van der Waals surface area contributed by atoms with E-state index in [1.165, 1.54) is 32.7 Å². The molecule has 0 unspecified atom stereocenters. The highest BCUT2D eigenvalue weighted by molar-refractivity contribution is 6.09. The van der Waals surface area contributed by atoms with Gasteiger partial charge in [0, 0.05) is 0 Å². The van der Waals surface area contributed by atoms with Gasteiger partial charge in [-0.15, -0.1) is 0 Å². The van der Waals surface area contributed by atoms with E-state index in [4.69, 9.17) is 0 Å². The van der Waals surface area contributed by atoms with E-state index in [2.05, 4.69) is 76.2 Å². The molecule has 0 nitrogen and oxygen atoms in total. The molecule has 0 bridgehead atoms. The van der Waals surface area contributed by atoms with Crippen molar-refractivity contribution in [2.24, 2.45) is 0 Å². The Morgan fingerprint density at radius 3 is 2.10 bits per heavy atom. The standard InChI is InChI=1S/C20H22/c1-13(2)17-11-9-15-8-10-16-6-5-7-18(14(3)4)20(16)19(15)12-17/h5-14H,1-4H3. The molecule has 0 heteroatoms. The van der Waals surface area contributed by atoms with Crippen LogP contribution in [-0.2, 0) is 0 Å². The van der Waals surface area contributed by atoms with Gasteiger partial charge in [0.15, 0.2) is 0 Å². The highest BCUT2D eigenvalue weighted by Crippen LogP contribution is 2.33. The quantitative estimate of drug-likeness (QED) is 0.479. The Kier molecular flexibility index (Phi) is 3.25. The van der Waals surface area contributed by atoms with E-state index in [1.807, 2.05) is 0 Å². The normalized spacial score (nSPS) is 11.9. The van der Waals surface area contributed by atoms with E-state index in [0.717, 1.165) is 0 Å². The second-order valence-electron chi connectivity index (χ2n) is 6.30. The minimum atomic E-state index is 0.548. The zero-order valence-electron chi connectivity index (χ0n) is 12.8. The molecule has 20 heavy (non-hydrogen) atoms. The van der Waals surface area contributed by atoms with Crippen molar-refractivity contribution in [3.05, 3.63) is 59.7 Å². The van der Waals surface area contributed by atoms with Gasteiger partial charge in [-0.05, 0) is 44.5 Å². The summed E-state index contributed by atoms with van der Waals surface area (Å²) < 4.78 is 0. The third-order valence-electron chi connectivity index (χ3n) is 4.21. The second kappa shape index (κ2) is 4.94. The maximum absolute atomic E-state index is 2.38. The Labute approximate surface area is 121 Å². The molecule has 0 aromatic heterocycles. The highest BCUT2D eigenvalue weighted by Gasteiger charge is 2.09. The molecule has 0 radical (unpaired) electrons. The molecule has 0 saturated heterocycles. The van der Waals surface area contributed by atoms with Gasteiger partial charge in [-0.25, -0.2) is 0 Å². The van der Waals surface area contributed by atoms with Gasteiger partial charge in [-0.2, -0.15) is 0 Å². The number of benzene rings is 3. The molecule has 3 aromatic rings. The van der Waals surface area contributed by atoms with E-state index >= 15 is 0 Å². The zero-order chi connectivity index (χ0) is 14.3. The van der Waals surface area contributed by atoms with Gasteiger partial charge in [-0.1, -0.05) is 76.2 Å². The Morgan fingerprint density at radius 1 is 0.700 bits per heavy atom. The maximum atomic E-state index is 2.38. The molecule has 0 saturated carbocycles. The van der Waals surface area contributed by atoms with Gasteiger partial charge >= 0.3 is 0 Å². The monoisotopic (exact) mass is 262 g/mol. The van der Waals surface area contributed by atoms with Crippen LogP contribution in [0.3, 0.4) is 0 Å². The summed E-state index contributed by atoms with van der Waals surface area (Å²) in [5, 5.41) is 5.53. The predicted octanol–water partition coefficient (Wildman–Crippen LogP) is 6.24. The third-order valence-corrected chi connectivity index (χ3v) is 4.21. The molecular formula is C20H22. The fourth-order valence-electron chi connectivity index (χ4n) is 2.99. The minimum Gasteiger partial charge on any atom is -0.0613 e. The molecule has 0 aliphatic rings. The van der Waals surface area contributed by atoms with Crippen molar-refractivity contribution >= 4 is 21.5 Å². The van der Waals surface area contributed by atoms with Gasteiger partial charge in [0.2, 0.25) is 0 Å². The Balaban J connectivity index is 2.45. The Bertz CT molecular complexity index is 763. The van der Waals surface area contributed by atoms with Crippen LogP contribution in [0.1, 0.15) is 50.7 Å². The van der Waals surface area contributed by atoms with Gasteiger partial charge in [-0.3, -0.25) is 0 Å². The molecule has 0 spiro atoms. The lowest BCUT2D eigenvalue weighted by atomic mass is 9.90. The largest absolute Gasteiger partial charge is 0.0613 e. The lowest BCUT2D eigenvalue weighted by Gasteiger charge is -2.14. The first-order valence-corrected chi connectivity index (χ1v) is 7.53. The number of hydrogen-bond donors (Lipinski definition) is 0. The first kappa shape index (κ1) is 13.2. The molecule has 0 atom stereocenters. The van der Waals surface area contributed by atoms with Crippen LogP contribution in [0.4, 0.5) is 0 Å². The summed E-state index contributed by atoms with van der Waals surface area (Å²) in [7, 11) is 0. The van der Waals surface area contributed by atoms with Crippen molar-refractivity contribution in [2.45, 2.75) is 39.5 Å². The van der Waals surface area contributed by atoms with Crippen LogP contribution >= 0.6 is 0 Å². The molecule has 0 N–H and O–H groups in total. The van der Waals surface area contributed by atoms with Gasteiger partial charge < -0.3 is 0 Å². The average molecular weight is 262 g/mol. The maximum Gasteiger partial charge on any atom is -0.00706 e. The van der Waals surface area contributed by atoms with E-state index in [-0.39, 0.29) is 0 Å². The molecule has 102 valence electrons. The summed E-state index contributed by atoms with van der Waals surface area (Å²) in [6.07, 6.45) is 0. The van der Waals surface area contributed by atoms with E-state index in [0.29, 0.717) is 11.8 Å². The molecule has 0 aliphatic carbocycles. The predicted molar refractivity (Wildman–Crippen MR) is 89.6 cm³/mol. The van der Waals surface area contributed by atoms with Crippen LogP contribution in [0.2, 0.25) is 0 Å². The van der Waals surface area contributed by atoms with Crippen LogP contribution in [0.5, 0.6) is 0 Å². The fraction of sp³-hybridized carbons (Fsp3) is 0.300. The third kappa shape index (κ3) is 2.10. The van der Waals surface area contributed by atoms with Crippen LogP contribution in [0, 0.1) is 0 Å². The van der Waals surface area contributed by atoms with Crippen molar-refractivity contribution in [3.8, 4) is 0 Å². The van der Waals surface area contributed by atoms with Crippen LogP contribution in [-0.4, -0.2) is 0 Å². The smallest absolute Gasteiger partial charge is 0.00706 e. The number of hydrogen-bond acceptors (Lipinski definition) is 0. The fourth-order valence-corrected chi connectivity index (χ4v) is 2.99. The van der Waals surface area contributed by atoms with Gasteiger partial charge in [0.25, 0.3) is 0 Å². The summed E-state index contributed by atoms with van der Waals surface area (Å²) in [6.45, 7) is 9.07. The topological polar surface area (TPSA) is 0 Å². The van der Waals surface area contributed by atoms with Crippen molar-refractivity contribution < 1.29 is 0 Å². The number of fused-ring (bicyclic) bond motifs is 3. The lowest BCUT2D eigenvalue weighted by molar-refractivity contribution is 0.868. The van der Waals surface area contributed by atoms with Crippen LogP contribution in [0.25, 0.3) is 21.5 Å². The summed E-state index contributed by atoms with van der Waals surface area (Å²) in [5.41, 5.74) is 2.87. The van der Waals surface area contributed by atoms with Crippen molar-refractivity contribution in [3.63, 3.8) is 0 Å². The molecule has 0 heterocycles. The second-order valence-corrected chi connectivity index (χ2v) is 6.30. The van der Waals surface area contributed by atoms with Crippen molar-refractivity contribution in [1.29, 1.82) is 0 Å². The summed E-state index contributed by atoms with van der Waals surface area (Å²) >= 11 is 0. The van der Waals surface area contributed by atoms with E-state index in [9.17, 15) is 0 Å². The lowest BCUT2D eigenvalue weighted by Crippen LogP contribution is -1.92. The average Bonchev–Trinajstić information content (AvgIpc) is 2.45. The Morgan fingerprint density at radius 2 is 1.40 bits per heavy atom. The van der Waals surface area contributed by atoms with E-state index in [1.54, 1.807) is 0 Å². The van der Waals surface area contributed by atoms with Crippen molar-refractivity contribution in [2.75, 3.05) is 0 Å². The molecular weight excluding hydrogens is 240 g/mol. The summed E-state index contributed by atoms with van der Waals surface area (Å²) in [4.78, 5) is 0. The van der Waals surface area contributed by atoms with Crippen molar-refractivity contribution in [1.82, 2.24) is 0 Å².